The molecule has 0 saturated carbocycles. The van der Waals surface area contributed by atoms with E-state index in [0.29, 0.717) is 11.3 Å². The van der Waals surface area contributed by atoms with Crippen LogP contribution in [0.3, 0.4) is 0 Å². The summed E-state index contributed by atoms with van der Waals surface area (Å²) in [6.07, 6.45) is -0.719. The van der Waals surface area contributed by atoms with Gasteiger partial charge in [0, 0.05) is 20.7 Å². The van der Waals surface area contributed by atoms with E-state index in [9.17, 15) is 9.90 Å². The van der Waals surface area contributed by atoms with E-state index in [1.807, 2.05) is 6.07 Å². The fraction of sp³-hybridized carbons (Fsp3) is 0.429. The fourth-order valence-electron chi connectivity index (χ4n) is 1.54. The maximum Gasteiger partial charge on any atom is 0.260 e. The molecule has 1 N–H and O–H groups in total. The molecule has 0 radical (unpaired) electrons. The Morgan fingerprint density at radius 2 is 2.10 bits per heavy atom. The third kappa shape index (κ3) is 5.26. The normalized spacial score (nSPS) is 11.5. The van der Waals surface area contributed by atoms with Crippen molar-refractivity contribution in [2.24, 2.45) is 0 Å². The Morgan fingerprint density at radius 3 is 2.65 bits per heavy atom. The van der Waals surface area contributed by atoms with E-state index in [0.717, 1.165) is 0 Å². The first-order chi connectivity index (χ1) is 9.56. The molecule has 0 aliphatic heterocycles. The standard InChI is InChI=1S/C14H18N2O4/c1-16(8-12(17)9-19-2)14(18)10-20-13-5-3-11(7-15)4-6-13/h3-6,12,17H,8-10H2,1-2H3. The highest BCUT2D eigenvalue weighted by molar-refractivity contribution is 5.77. The summed E-state index contributed by atoms with van der Waals surface area (Å²) in [7, 11) is 3.07. The van der Waals surface area contributed by atoms with E-state index < -0.39 is 6.10 Å². The monoisotopic (exact) mass is 278 g/mol. The van der Waals surface area contributed by atoms with E-state index in [-0.39, 0.29) is 25.7 Å². The lowest BCUT2D eigenvalue weighted by Gasteiger charge is -2.20. The number of likely N-dealkylation sites (N-methyl/N-ethyl adjacent to an activating group) is 1. The number of hydrogen-bond acceptors (Lipinski definition) is 5. The van der Waals surface area contributed by atoms with Crippen molar-refractivity contribution in [3.05, 3.63) is 29.8 Å². The molecule has 0 heterocycles. The summed E-state index contributed by atoms with van der Waals surface area (Å²) < 4.78 is 10.1. The number of nitrogens with zero attached hydrogens (tertiary/aromatic N) is 2. The molecule has 0 fully saturated rings. The van der Waals surface area contributed by atoms with Crippen molar-refractivity contribution in [1.29, 1.82) is 5.26 Å². The number of carbonyl (C=O) groups is 1. The molecule has 20 heavy (non-hydrogen) atoms. The van der Waals surface area contributed by atoms with Crippen LogP contribution in [0, 0.1) is 11.3 Å². The van der Waals surface area contributed by atoms with Crippen LogP contribution in [0.5, 0.6) is 5.75 Å². The molecule has 1 rings (SSSR count). The second kappa shape index (κ2) is 8.15. The maximum atomic E-state index is 11.8. The molecule has 0 bridgehead atoms. The van der Waals surface area contributed by atoms with Crippen LogP contribution in [-0.4, -0.2) is 55.9 Å². The number of carbonyl (C=O) groups excluding carboxylic acids is 1. The summed E-state index contributed by atoms with van der Waals surface area (Å²) in [6.45, 7) is 0.236. The smallest absolute Gasteiger partial charge is 0.260 e. The predicted molar refractivity (Wildman–Crippen MR) is 72.2 cm³/mol. The van der Waals surface area contributed by atoms with Gasteiger partial charge in [0.15, 0.2) is 6.61 Å². The molecule has 1 aromatic rings. The Bertz CT molecular complexity index is 467. The van der Waals surface area contributed by atoms with Gasteiger partial charge in [0.1, 0.15) is 5.75 Å². The summed E-state index contributed by atoms with van der Waals surface area (Å²) >= 11 is 0. The molecule has 6 nitrogen and oxygen atoms in total. The molecule has 0 aromatic heterocycles. The Labute approximate surface area is 118 Å². The molecule has 0 aliphatic rings. The van der Waals surface area contributed by atoms with Crippen LogP contribution in [0.25, 0.3) is 0 Å². The van der Waals surface area contributed by atoms with Crippen molar-refractivity contribution in [3.8, 4) is 11.8 Å². The summed E-state index contributed by atoms with van der Waals surface area (Å²) in [6, 6.07) is 8.50. The Morgan fingerprint density at radius 1 is 1.45 bits per heavy atom. The second-order valence-corrected chi connectivity index (χ2v) is 4.31. The van der Waals surface area contributed by atoms with Crippen molar-refractivity contribution < 1.29 is 19.4 Å². The second-order valence-electron chi connectivity index (χ2n) is 4.31. The third-order valence-corrected chi connectivity index (χ3v) is 2.62. The van der Waals surface area contributed by atoms with Crippen LogP contribution in [0.15, 0.2) is 24.3 Å². The molecule has 1 atom stereocenters. The van der Waals surface area contributed by atoms with Crippen molar-refractivity contribution in [1.82, 2.24) is 4.90 Å². The minimum atomic E-state index is -0.719. The van der Waals surface area contributed by atoms with Gasteiger partial charge in [-0.3, -0.25) is 4.79 Å². The topological polar surface area (TPSA) is 82.8 Å². The summed E-state index contributed by atoms with van der Waals surface area (Å²) in [4.78, 5) is 13.2. The minimum absolute atomic E-state index is 0.123. The summed E-state index contributed by atoms with van der Waals surface area (Å²) in [5.41, 5.74) is 0.531. The van der Waals surface area contributed by atoms with Gasteiger partial charge in [0.2, 0.25) is 0 Å². The zero-order valence-electron chi connectivity index (χ0n) is 11.6. The highest BCUT2D eigenvalue weighted by Gasteiger charge is 2.14. The molecular weight excluding hydrogens is 260 g/mol. The van der Waals surface area contributed by atoms with E-state index in [1.54, 1.807) is 31.3 Å². The highest BCUT2D eigenvalue weighted by atomic mass is 16.5. The summed E-state index contributed by atoms with van der Waals surface area (Å²) in [5.74, 6) is 0.271. The van der Waals surface area contributed by atoms with Crippen LogP contribution < -0.4 is 4.74 Å². The average molecular weight is 278 g/mol. The van der Waals surface area contributed by atoms with Crippen molar-refractivity contribution in [2.75, 3.05) is 33.9 Å². The molecule has 1 aromatic carbocycles. The van der Waals surface area contributed by atoms with Gasteiger partial charge >= 0.3 is 0 Å². The van der Waals surface area contributed by atoms with E-state index in [4.69, 9.17) is 14.7 Å². The molecule has 108 valence electrons. The quantitative estimate of drug-likeness (QED) is 0.780. The Kier molecular flexibility index (Phi) is 6.50. The van der Waals surface area contributed by atoms with Gasteiger partial charge in [-0.1, -0.05) is 0 Å². The van der Waals surface area contributed by atoms with Gasteiger partial charge in [0.25, 0.3) is 5.91 Å². The first-order valence-corrected chi connectivity index (χ1v) is 6.10. The van der Waals surface area contributed by atoms with Gasteiger partial charge in [-0.15, -0.1) is 0 Å². The van der Waals surface area contributed by atoms with Crippen molar-refractivity contribution in [2.45, 2.75) is 6.10 Å². The lowest BCUT2D eigenvalue weighted by molar-refractivity contribution is -0.133. The summed E-state index contributed by atoms with van der Waals surface area (Å²) in [5, 5.41) is 18.2. The molecular formula is C14H18N2O4. The van der Waals surface area contributed by atoms with E-state index in [1.165, 1.54) is 12.0 Å². The van der Waals surface area contributed by atoms with Crippen LogP contribution in [0.4, 0.5) is 0 Å². The lowest BCUT2D eigenvalue weighted by atomic mass is 10.2. The van der Waals surface area contributed by atoms with Crippen LogP contribution in [0.1, 0.15) is 5.56 Å². The molecule has 6 heteroatoms. The minimum Gasteiger partial charge on any atom is -0.484 e. The number of nitriles is 1. The number of benzene rings is 1. The molecule has 0 aliphatic carbocycles. The van der Waals surface area contributed by atoms with Crippen LogP contribution >= 0.6 is 0 Å². The molecule has 1 unspecified atom stereocenters. The molecule has 0 saturated heterocycles. The number of amides is 1. The third-order valence-electron chi connectivity index (χ3n) is 2.62. The van der Waals surface area contributed by atoms with Crippen molar-refractivity contribution in [3.63, 3.8) is 0 Å². The fourth-order valence-corrected chi connectivity index (χ4v) is 1.54. The van der Waals surface area contributed by atoms with Gasteiger partial charge in [0.05, 0.1) is 24.3 Å². The SMILES string of the molecule is COCC(O)CN(C)C(=O)COc1ccc(C#N)cc1. The van der Waals surface area contributed by atoms with Gasteiger partial charge < -0.3 is 19.5 Å². The maximum absolute atomic E-state index is 11.8. The van der Waals surface area contributed by atoms with Crippen LogP contribution in [0.2, 0.25) is 0 Å². The predicted octanol–water partition coefficient (Wildman–Crippen LogP) is 0.403. The Hall–Kier alpha value is -2.10. The van der Waals surface area contributed by atoms with Gasteiger partial charge in [-0.2, -0.15) is 5.26 Å². The molecule has 0 spiro atoms. The highest BCUT2D eigenvalue weighted by Crippen LogP contribution is 2.11. The number of methoxy groups -OCH3 is 1. The number of ether oxygens (including phenoxy) is 2. The molecule has 1 amide bonds. The van der Waals surface area contributed by atoms with E-state index in [2.05, 4.69) is 0 Å². The first kappa shape index (κ1) is 16.0. The number of aliphatic hydroxyl groups is 1. The largest absolute Gasteiger partial charge is 0.484 e. The number of hydrogen-bond donors (Lipinski definition) is 1. The van der Waals surface area contributed by atoms with E-state index >= 15 is 0 Å². The Balaban J connectivity index is 2.40. The van der Waals surface area contributed by atoms with Gasteiger partial charge in [-0.25, -0.2) is 0 Å². The zero-order chi connectivity index (χ0) is 15.0. The zero-order valence-corrected chi connectivity index (χ0v) is 11.6. The van der Waals surface area contributed by atoms with Crippen molar-refractivity contribution >= 4 is 5.91 Å². The lowest BCUT2D eigenvalue weighted by Crippen LogP contribution is -2.38. The number of aliphatic hydroxyl groups excluding tert-OH is 1. The van der Waals surface area contributed by atoms with Gasteiger partial charge in [-0.05, 0) is 24.3 Å². The average Bonchev–Trinajstić information content (AvgIpc) is 2.45. The number of rotatable bonds is 7. The first-order valence-electron chi connectivity index (χ1n) is 6.10. The van der Waals surface area contributed by atoms with Crippen LogP contribution in [-0.2, 0) is 9.53 Å².